The standard InChI is InChI=1S/C25H24ClN5O2/c1-2-32-25-28-21-11-22(18-7-3-5-16-6-4-8-20(26)23(16)18)33-14-19(21)24(29-25)30-9-10-31-15-27-12-17(31)13-30/h3-8,12,15,22H,2,9-11,13-14H2,1H3/t22-/m0/s1. The molecule has 1 atom stereocenters. The second kappa shape index (κ2) is 8.32. The molecule has 0 radical (unpaired) electrons. The summed E-state index contributed by atoms with van der Waals surface area (Å²) in [6.45, 7) is 5.38. The predicted octanol–water partition coefficient (Wildman–Crippen LogP) is 4.71. The molecule has 4 aromatic rings. The Labute approximate surface area is 197 Å². The predicted molar refractivity (Wildman–Crippen MR) is 127 cm³/mol. The lowest BCUT2D eigenvalue weighted by atomic mass is 9.94. The van der Waals surface area contributed by atoms with Gasteiger partial charge in [-0.25, -0.2) is 4.98 Å². The number of rotatable bonds is 4. The highest BCUT2D eigenvalue weighted by molar-refractivity contribution is 6.35. The van der Waals surface area contributed by atoms with Gasteiger partial charge in [-0.15, -0.1) is 0 Å². The third-order valence-corrected chi connectivity index (χ3v) is 6.74. The van der Waals surface area contributed by atoms with Crippen LogP contribution in [0.15, 0.2) is 48.9 Å². The minimum Gasteiger partial charge on any atom is -0.464 e. The molecule has 7 nitrogen and oxygen atoms in total. The third kappa shape index (κ3) is 3.61. The summed E-state index contributed by atoms with van der Waals surface area (Å²) in [6.07, 6.45) is 4.30. The Morgan fingerprint density at radius 1 is 1.15 bits per heavy atom. The first-order valence-electron chi connectivity index (χ1n) is 11.3. The van der Waals surface area contributed by atoms with Gasteiger partial charge in [0.1, 0.15) is 5.82 Å². The quantitative estimate of drug-likeness (QED) is 0.438. The van der Waals surface area contributed by atoms with Gasteiger partial charge in [0.2, 0.25) is 0 Å². The van der Waals surface area contributed by atoms with E-state index in [9.17, 15) is 0 Å². The van der Waals surface area contributed by atoms with E-state index < -0.39 is 0 Å². The number of hydrogen-bond donors (Lipinski definition) is 0. The molecule has 0 aliphatic carbocycles. The summed E-state index contributed by atoms with van der Waals surface area (Å²) in [6, 6.07) is 12.6. The zero-order valence-corrected chi connectivity index (χ0v) is 19.1. The molecule has 2 aliphatic rings. The molecule has 0 amide bonds. The van der Waals surface area contributed by atoms with E-state index >= 15 is 0 Å². The molecule has 168 valence electrons. The van der Waals surface area contributed by atoms with E-state index in [1.54, 1.807) is 0 Å². The van der Waals surface area contributed by atoms with Gasteiger partial charge in [-0.2, -0.15) is 9.97 Å². The summed E-state index contributed by atoms with van der Waals surface area (Å²) in [5.74, 6) is 0.894. The SMILES string of the molecule is CCOc1nc2c(c(N3CCn4cncc4C3)n1)CO[C@H](c1cccc3cccc(Cl)c13)C2. The number of nitrogens with zero attached hydrogens (tertiary/aromatic N) is 5. The zero-order chi connectivity index (χ0) is 22.4. The maximum Gasteiger partial charge on any atom is 0.318 e. The fourth-order valence-electron chi connectivity index (χ4n) is 4.84. The lowest BCUT2D eigenvalue weighted by Crippen LogP contribution is -2.35. The van der Waals surface area contributed by atoms with Crippen molar-refractivity contribution in [1.82, 2.24) is 19.5 Å². The number of benzene rings is 2. The number of aromatic nitrogens is 4. The van der Waals surface area contributed by atoms with Crippen LogP contribution in [-0.2, 0) is 30.9 Å². The van der Waals surface area contributed by atoms with Gasteiger partial charge in [0.15, 0.2) is 0 Å². The average Bonchev–Trinajstić information content (AvgIpc) is 3.31. The summed E-state index contributed by atoms with van der Waals surface area (Å²) >= 11 is 6.59. The molecule has 4 heterocycles. The van der Waals surface area contributed by atoms with E-state index in [4.69, 9.17) is 31.0 Å². The van der Waals surface area contributed by atoms with Crippen LogP contribution in [0.5, 0.6) is 6.01 Å². The van der Waals surface area contributed by atoms with Crippen molar-refractivity contribution in [2.75, 3.05) is 18.1 Å². The molecule has 0 spiro atoms. The first kappa shape index (κ1) is 20.4. The van der Waals surface area contributed by atoms with Crippen LogP contribution in [-0.4, -0.2) is 32.7 Å². The smallest absolute Gasteiger partial charge is 0.318 e. The molecule has 0 bridgehead atoms. The Bertz CT molecular complexity index is 1330. The van der Waals surface area contributed by atoms with Crippen molar-refractivity contribution in [1.29, 1.82) is 0 Å². The van der Waals surface area contributed by atoms with Gasteiger partial charge in [0.05, 0.1) is 43.6 Å². The van der Waals surface area contributed by atoms with Gasteiger partial charge < -0.3 is 18.9 Å². The first-order valence-corrected chi connectivity index (χ1v) is 11.6. The minimum atomic E-state index is -0.138. The zero-order valence-electron chi connectivity index (χ0n) is 18.4. The highest BCUT2D eigenvalue weighted by Crippen LogP contribution is 2.39. The topological polar surface area (TPSA) is 65.3 Å². The number of halogens is 1. The van der Waals surface area contributed by atoms with E-state index in [0.717, 1.165) is 58.1 Å². The second-order valence-electron chi connectivity index (χ2n) is 8.38. The molecule has 6 rings (SSSR count). The van der Waals surface area contributed by atoms with E-state index in [2.05, 4.69) is 38.7 Å². The minimum absolute atomic E-state index is 0.138. The summed E-state index contributed by atoms with van der Waals surface area (Å²) in [5.41, 5.74) is 4.27. The molecule has 2 aromatic heterocycles. The van der Waals surface area contributed by atoms with Crippen LogP contribution in [0, 0.1) is 0 Å². The molecule has 0 N–H and O–H groups in total. The number of fused-ring (bicyclic) bond motifs is 3. The normalized spacial score (nSPS) is 17.6. The van der Waals surface area contributed by atoms with Crippen molar-refractivity contribution in [2.45, 2.75) is 39.1 Å². The molecule has 0 fully saturated rings. The van der Waals surface area contributed by atoms with Crippen LogP contribution >= 0.6 is 11.6 Å². The van der Waals surface area contributed by atoms with Crippen molar-refractivity contribution in [3.05, 3.63) is 76.5 Å². The molecule has 0 saturated heterocycles. The number of hydrogen-bond acceptors (Lipinski definition) is 6. The molecular formula is C25H24ClN5O2. The lowest BCUT2D eigenvalue weighted by Gasteiger charge is -2.33. The number of imidazole rings is 1. The van der Waals surface area contributed by atoms with Crippen molar-refractivity contribution in [3.8, 4) is 6.01 Å². The summed E-state index contributed by atoms with van der Waals surface area (Å²) in [4.78, 5) is 16.1. The van der Waals surface area contributed by atoms with E-state index in [0.29, 0.717) is 25.6 Å². The van der Waals surface area contributed by atoms with Crippen LogP contribution < -0.4 is 9.64 Å². The number of anilines is 1. The maximum atomic E-state index is 6.59. The molecule has 0 unspecified atom stereocenters. The molecule has 33 heavy (non-hydrogen) atoms. The first-order chi connectivity index (χ1) is 16.2. The van der Waals surface area contributed by atoms with Gasteiger partial charge in [-0.05, 0) is 23.9 Å². The van der Waals surface area contributed by atoms with Crippen LogP contribution in [0.2, 0.25) is 5.02 Å². The Hall–Kier alpha value is -3.16. The van der Waals surface area contributed by atoms with E-state index in [-0.39, 0.29) is 6.10 Å². The fraction of sp³-hybridized carbons (Fsp3) is 0.320. The Balaban J connectivity index is 1.39. The van der Waals surface area contributed by atoms with Gasteiger partial charge >= 0.3 is 6.01 Å². The highest BCUT2D eigenvalue weighted by atomic mass is 35.5. The molecule has 0 saturated carbocycles. The Morgan fingerprint density at radius 3 is 2.91 bits per heavy atom. The van der Waals surface area contributed by atoms with E-state index in [1.807, 2.05) is 31.6 Å². The van der Waals surface area contributed by atoms with Crippen LogP contribution in [0.25, 0.3) is 10.8 Å². The third-order valence-electron chi connectivity index (χ3n) is 6.43. The van der Waals surface area contributed by atoms with Crippen LogP contribution in [0.4, 0.5) is 5.82 Å². The molecule has 8 heteroatoms. The largest absolute Gasteiger partial charge is 0.464 e. The maximum absolute atomic E-state index is 6.59. The second-order valence-corrected chi connectivity index (χ2v) is 8.78. The summed E-state index contributed by atoms with van der Waals surface area (Å²) in [5, 5.41) is 2.89. The van der Waals surface area contributed by atoms with E-state index in [1.165, 1.54) is 5.69 Å². The van der Waals surface area contributed by atoms with Gasteiger partial charge in [-0.3, -0.25) is 0 Å². The van der Waals surface area contributed by atoms with Crippen LogP contribution in [0.1, 0.15) is 35.5 Å². The Kier molecular flexibility index (Phi) is 5.15. The van der Waals surface area contributed by atoms with Crippen molar-refractivity contribution < 1.29 is 9.47 Å². The average molecular weight is 462 g/mol. The highest BCUT2D eigenvalue weighted by Gasteiger charge is 2.30. The molecule has 2 aliphatic heterocycles. The monoisotopic (exact) mass is 461 g/mol. The van der Waals surface area contributed by atoms with Crippen molar-refractivity contribution in [2.24, 2.45) is 0 Å². The lowest BCUT2D eigenvalue weighted by molar-refractivity contribution is 0.0266. The fourth-order valence-corrected chi connectivity index (χ4v) is 5.13. The summed E-state index contributed by atoms with van der Waals surface area (Å²) < 4.78 is 14.4. The van der Waals surface area contributed by atoms with Gasteiger partial charge in [-0.1, -0.05) is 41.9 Å². The van der Waals surface area contributed by atoms with Crippen LogP contribution in [0.3, 0.4) is 0 Å². The van der Waals surface area contributed by atoms with Crippen molar-refractivity contribution >= 4 is 28.2 Å². The summed E-state index contributed by atoms with van der Waals surface area (Å²) in [7, 11) is 0. The van der Waals surface area contributed by atoms with Crippen molar-refractivity contribution in [3.63, 3.8) is 0 Å². The molecular weight excluding hydrogens is 438 g/mol. The molecule has 2 aromatic carbocycles. The van der Waals surface area contributed by atoms with Gasteiger partial charge in [0, 0.05) is 41.7 Å². The van der Waals surface area contributed by atoms with Gasteiger partial charge in [0.25, 0.3) is 0 Å². The number of ether oxygens (including phenoxy) is 2. The Morgan fingerprint density at radius 2 is 2.03 bits per heavy atom.